The zero-order chi connectivity index (χ0) is 15.4. The number of benzene rings is 1. The summed E-state index contributed by atoms with van der Waals surface area (Å²) in [5.41, 5.74) is 5.53. The van der Waals surface area contributed by atoms with Gasteiger partial charge in [-0.3, -0.25) is 10.8 Å². The van der Waals surface area contributed by atoms with Crippen LogP contribution in [0.1, 0.15) is 49.0 Å². The number of pyridine rings is 1. The van der Waals surface area contributed by atoms with Crippen molar-refractivity contribution in [1.82, 2.24) is 4.98 Å². The van der Waals surface area contributed by atoms with E-state index in [0.29, 0.717) is 23.8 Å². The molecule has 0 radical (unpaired) electrons. The van der Waals surface area contributed by atoms with Crippen molar-refractivity contribution in [3.05, 3.63) is 35.5 Å². The van der Waals surface area contributed by atoms with E-state index in [4.69, 9.17) is 10.6 Å². The molecule has 0 aliphatic carbocycles. The zero-order valence-corrected chi connectivity index (χ0v) is 12.6. The summed E-state index contributed by atoms with van der Waals surface area (Å²) in [5.74, 6) is 5.64. The Morgan fingerprint density at radius 1 is 1.43 bits per heavy atom. The Labute approximate surface area is 124 Å². The Balaban J connectivity index is 2.61. The number of aromatic nitrogens is 1. The lowest BCUT2D eigenvalue weighted by Crippen LogP contribution is -2.15. The van der Waals surface area contributed by atoms with Crippen LogP contribution >= 0.6 is 0 Å². The number of nitrogen functional groups attached to an aromatic ring is 1. The van der Waals surface area contributed by atoms with Gasteiger partial charge in [0.05, 0.1) is 17.8 Å². The molecule has 0 saturated heterocycles. The fraction of sp³-hybridized carbons (Fsp3) is 0.375. The Morgan fingerprint density at radius 2 is 2.19 bits per heavy atom. The van der Waals surface area contributed by atoms with E-state index < -0.39 is 5.97 Å². The highest BCUT2D eigenvalue weighted by Crippen LogP contribution is 2.29. The van der Waals surface area contributed by atoms with Gasteiger partial charge in [0.25, 0.3) is 0 Å². The number of carbonyl (C=O) groups excluding carboxylic acids is 1. The maximum Gasteiger partial charge on any atom is 0.341 e. The van der Waals surface area contributed by atoms with Gasteiger partial charge in [0.15, 0.2) is 0 Å². The van der Waals surface area contributed by atoms with Crippen LogP contribution in [0.5, 0.6) is 0 Å². The minimum atomic E-state index is -0.422. The molecule has 0 saturated carbocycles. The predicted octanol–water partition coefficient (Wildman–Crippen LogP) is 3.21. The first kappa shape index (κ1) is 15.3. The van der Waals surface area contributed by atoms with Gasteiger partial charge in [0, 0.05) is 11.6 Å². The molecular formula is C16H21N3O2. The first-order valence-corrected chi connectivity index (χ1v) is 7.18. The monoisotopic (exact) mass is 287 g/mol. The summed E-state index contributed by atoms with van der Waals surface area (Å²) < 4.78 is 5.04. The van der Waals surface area contributed by atoms with E-state index in [2.05, 4.69) is 30.3 Å². The number of esters is 1. The first-order valence-electron chi connectivity index (χ1n) is 7.18. The van der Waals surface area contributed by atoms with Crippen LogP contribution in [-0.4, -0.2) is 17.6 Å². The molecular weight excluding hydrogens is 266 g/mol. The molecule has 0 bridgehead atoms. The lowest BCUT2D eigenvalue weighted by atomic mass is 9.96. The van der Waals surface area contributed by atoms with Gasteiger partial charge < -0.3 is 10.2 Å². The van der Waals surface area contributed by atoms with E-state index in [1.165, 1.54) is 11.8 Å². The molecule has 2 aromatic rings. The van der Waals surface area contributed by atoms with E-state index in [9.17, 15) is 4.79 Å². The van der Waals surface area contributed by atoms with E-state index in [0.717, 1.165) is 17.3 Å². The van der Waals surface area contributed by atoms with Gasteiger partial charge in [-0.1, -0.05) is 19.9 Å². The van der Waals surface area contributed by atoms with Crippen LogP contribution < -0.4 is 11.3 Å². The number of hydrogen-bond donors (Lipinski definition) is 2. The third kappa shape index (κ3) is 2.97. The Hall–Kier alpha value is -2.14. The summed E-state index contributed by atoms with van der Waals surface area (Å²) in [5, 5.41) is 0.834. The van der Waals surface area contributed by atoms with Crippen molar-refractivity contribution in [2.75, 3.05) is 12.0 Å². The number of anilines is 1. The van der Waals surface area contributed by atoms with Gasteiger partial charge in [-0.2, -0.15) is 0 Å². The molecule has 1 atom stereocenters. The molecule has 1 unspecified atom stereocenters. The average molecular weight is 287 g/mol. The van der Waals surface area contributed by atoms with Gasteiger partial charge in [-0.05, 0) is 37.0 Å². The number of ether oxygens (including phenoxy) is 1. The smallest absolute Gasteiger partial charge is 0.341 e. The Kier molecular flexibility index (Phi) is 4.75. The van der Waals surface area contributed by atoms with Crippen molar-refractivity contribution in [2.24, 2.45) is 5.84 Å². The van der Waals surface area contributed by atoms with Crippen LogP contribution in [0.15, 0.2) is 24.4 Å². The Bertz CT molecular complexity index is 655. The van der Waals surface area contributed by atoms with Crippen molar-refractivity contribution in [3.63, 3.8) is 0 Å². The van der Waals surface area contributed by atoms with Gasteiger partial charge in [-0.15, -0.1) is 0 Å². The standard InChI is InChI=1S/C16H21N3O2/c1-4-10(3)11-6-7-14-12(8-11)15(19-17)13(9-18-14)16(20)21-5-2/h6-10H,4-5,17H2,1-3H3,(H,18,19). The molecule has 0 aliphatic heterocycles. The molecule has 0 fully saturated rings. The van der Waals surface area contributed by atoms with Crippen molar-refractivity contribution < 1.29 is 9.53 Å². The van der Waals surface area contributed by atoms with Crippen LogP contribution in [0.4, 0.5) is 5.69 Å². The summed E-state index contributed by atoms with van der Waals surface area (Å²) in [6, 6.07) is 6.05. The van der Waals surface area contributed by atoms with Gasteiger partial charge in [0.1, 0.15) is 5.56 Å². The number of rotatable bonds is 5. The molecule has 5 heteroatoms. The number of carbonyl (C=O) groups is 1. The summed E-state index contributed by atoms with van der Waals surface area (Å²) in [4.78, 5) is 16.3. The van der Waals surface area contributed by atoms with Crippen LogP contribution in [0.2, 0.25) is 0 Å². The summed E-state index contributed by atoms with van der Waals surface area (Å²) in [7, 11) is 0. The molecule has 0 amide bonds. The second-order valence-corrected chi connectivity index (χ2v) is 5.00. The summed E-state index contributed by atoms with van der Waals surface area (Å²) in [6.07, 6.45) is 2.54. The van der Waals surface area contributed by atoms with Crippen molar-refractivity contribution in [3.8, 4) is 0 Å². The van der Waals surface area contributed by atoms with Crippen LogP contribution in [-0.2, 0) is 4.74 Å². The van der Waals surface area contributed by atoms with Crippen molar-refractivity contribution in [1.29, 1.82) is 0 Å². The second-order valence-electron chi connectivity index (χ2n) is 5.00. The van der Waals surface area contributed by atoms with Gasteiger partial charge >= 0.3 is 5.97 Å². The second kappa shape index (κ2) is 6.54. The van der Waals surface area contributed by atoms with E-state index >= 15 is 0 Å². The van der Waals surface area contributed by atoms with Crippen LogP contribution in [0, 0.1) is 0 Å². The molecule has 21 heavy (non-hydrogen) atoms. The number of hydrazine groups is 1. The third-order valence-electron chi connectivity index (χ3n) is 3.71. The van der Waals surface area contributed by atoms with E-state index in [1.54, 1.807) is 6.92 Å². The SMILES string of the molecule is CCOC(=O)c1cnc2ccc(C(C)CC)cc2c1NN. The zero-order valence-electron chi connectivity index (χ0n) is 12.6. The molecule has 0 spiro atoms. The highest BCUT2D eigenvalue weighted by Gasteiger charge is 2.16. The minimum Gasteiger partial charge on any atom is -0.462 e. The Morgan fingerprint density at radius 3 is 2.81 bits per heavy atom. The molecule has 1 aromatic carbocycles. The largest absolute Gasteiger partial charge is 0.462 e. The average Bonchev–Trinajstić information content (AvgIpc) is 2.52. The lowest BCUT2D eigenvalue weighted by molar-refractivity contribution is 0.0527. The number of nitrogens with one attached hydrogen (secondary N) is 1. The number of hydrogen-bond acceptors (Lipinski definition) is 5. The number of nitrogens with zero attached hydrogens (tertiary/aromatic N) is 1. The number of fused-ring (bicyclic) bond motifs is 1. The third-order valence-corrected chi connectivity index (χ3v) is 3.71. The predicted molar refractivity (Wildman–Crippen MR) is 84.2 cm³/mol. The fourth-order valence-electron chi connectivity index (χ4n) is 2.27. The van der Waals surface area contributed by atoms with Crippen LogP contribution in [0.3, 0.4) is 0 Å². The van der Waals surface area contributed by atoms with Gasteiger partial charge in [-0.25, -0.2) is 4.79 Å². The molecule has 1 heterocycles. The van der Waals surface area contributed by atoms with Crippen molar-refractivity contribution in [2.45, 2.75) is 33.1 Å². The van der Waals surface area contributed by atoms with Crippen LogP contribution in [0.25, 0.3) is 10.9 Å². The van der Waals surface area contributed by atoms with E-state index in [-0.39, 0.29) is 0 Å². The lowest BCUT2D eigenvalue weighted by Gasteiger charge is -2.14. The topological polar surface area (TPSA) is 77.2 Å². The fourth-order valence-corrected chi connectivity index (χ4v) is 2.27. The molecule has 3 N–H and O–H groups in total. The summed E-state index contributed by atoms with van der Waals surface area (Å²) in [6.45, 7) is 6.39. The normalized spacial score (nSPS) is 12.2. The maximum absolute atomic E-state index is 12.0. The van der Waals surface area contributed by atoms with Crippen molar-refractivity contribution >= 4 is 22.6 Å². The van der Waals surface area contributed by atoms with Gasteiger partial charge in [0.2, 0.25) is 0 Å². The maximum atomic E-state index is 12.0. The highest BCUT2D eigenvalue weighted by atomic mass is 16.5. The molecule has 2 rings (SSSR count). The van der Waals surface area contributed by atoms with E-state index in [1.807, 2.05) is 12.1 Å². The first-order chi connectivity index (χ1) is 10.1. The quantitative estimate of drug-likeness (QED) is 0.501. The molecule has 1 aromatic heterocycles. The number of nitrogens with two attached hydrogens (primary N) is 1. The molecule has 5 nitrogen and oxygen atoms in total. The highest BCUT2D eigenvalue weighted by molar-refractivity contribution is 6.04. The molecule has 112 valence electrons. The molecule has 0 aliphatic rings. The summed E-state index contributed by atoms with van der Waals surface area (Å²) >= 11 is 0. The minimum absolute atomic E-state index is 0.313.